The molecule has 92 valence electrons. The Bertz CT molecular complexity index is 593. The molecule has 0 heterocycles. The lowest BCUT2D eigenvalue weighted by Crippen LogP contribution is -2.03. The molecule has 2 rings (SSSR count). The van der Waals surface area contributed by atoms with E-state index in [1.807, 2.05) is 0 Å². The van der Waals surface area contributed by atoms with Crippen LogP contribution in [0, 0.1) is 0 Å². The topological polar surface area (TPSA) is 46.5 Å². The quantitative estimate of drug-likeness (QED) is 0.864. The number of benzene rings is 2. The van der Waals surface area contributed by atoms with E-state index in [-0.39, 0.29) is 16.6 Å². The summed E-state index contributed by atoms with van der Waals surface area (Å²) < 4.78 is 5.14. The zero-order valence-corrected chi connectivity index (χ0v) is 10.4. The molecule has 0 aliphatic heterocycles. The Morgan fingerprint density at radius 3 is 2.61 bits per heavy atom. The molecule has 0 unspecified atom stereocenters. The standard InChI is InChI=1S/C14H11ClO3/c1-18-13-5-3-2-4-10(13)14(17)9-6-7-12(16)11(15)8-9/h2-8,16H,1H3. The minimum Gasteiger partial charge on any atom is -0.506 e. The van der Waals surface area contributed by atoms with Gasteiger partial charge >= 0.3 is 0 Å². The number of carbonyl (C=O) groups is 1. The zero-order chi connectivity index (χ0) is 13.1. The lowest BCUT2D eigenvalue weighted by molar-refractivity contribution is 0.103. The molecule has 4 heteroatoms. The van der Waals surface area contributed by atoms with Crippen LogP contribution in [0.2, 0.25) is 5.02 Å². The number of hydrogen-bond acceptors (Lipinski definition) is 3. The largest absolute Gasteiger partial charge is 0.506 e. The highest BCUT2D eigenvalue weighted by molar-refractivity contribution is 6.32. The second-order valence-corrected chi connectivity index (χ2v) is 4.10. The van der Waals surface area contributed by atoms with Gasteiger partial charge in [-0.3, -0.25) is 4.79 Å². The van der Waals surface area contributed by atoms with Gasteiger partial charge in [0.15, 0.2) is 5.78 Å². The first kappa shape index (κ1) is 12.5. The van der Waals surface area contributed by atoms with E-state index in [2.05, 4.69) is 0 Å². The van der Waals surface area contributed by atoms with Crippen molar-refractivity contribution in [2.24, 2.45) is 0 Å². The van der Waals surface area contributed by atoms with Crippen molar-refractivity contribution in [2.75, 3.05) is 7.11 Å². The van der Waals surface area contributed by atoms with E-state index in [0.717, 1.165) is 0 Å². The first-order valence-electron chi connectivity index (χ1n) is 5.29. The van der Waals surface area contributed by atoms with Gasteiger partial charge in [0.1, 0.15) is 11.5 Å². The Balaban J connectivity index is 2.44. The van der Waals surface area contributed by atoms with Crippen molar-refractivity contribution >= 4 is 17.4 Å². The summed E-state index contributed by atoms with van der Waals surface area (Å²) in [6.07, 6.45) is 0. The number of methoxy groups -OCH3 is 1. The molecule has 0 amide bonds. The molecule has 18 heavy (non-hydrogen) atoms. The van der Waals surface area contributed by atoms with E-state index < -0.39 is 0 Å². The van der Waals surface area contributed by atoms with E-state index in [1.54, 1.807) is 24.3 Å². The maximum absolute atomic E-state index is 12.3. The molecule has 1 N–H and O–H groups in total. The summed E-state index contributed by atoms with van der Waals surface area (Å²) in [6, 6.07) is 11.3. The fraction of sp³-hybridized carbons (Fsp3) is 0.0714. The van der Waals surface area contributed by atoms with Crippen LogP contribution in [0.25, 0.3) is 0 Å². The van der Waals surface area contributed by atoms with Gasteiger partial charge in [0, 0.05) is 5.56 Å². The van der Waals surface area contributed by atoms with Gasteiger partial charge in [-0.05, 0) is 30.3 Å². The van der Waals surface area contributed by atoms with Crippen LogP contribution in [0.4, 0.5) is 0 Å². The van der Waals surface area contributed by atoms with Crippen LogP contribution in [0.3, 0.4) is 0 Å². The minimum absolute atomic E-state index is 0.0479. The van der Waals surface area contributed by atoms with E-state index in [4.69, 9.17) is 16.3 Å². The molecule has 2 aromatic carbocycles. The number of halogens is 1. The summed E-state index contributed by atoms with van der Waals surface area (Å²) in [4.78, 5) is 12.3. The Morgan fingerprint density at radius 2 is 1.94 bits per heavy atom. The molecule has 0 atom stereocenters. The molecule has 0 aromatic heterocycles. The molecule has 3 nitrogen and oxygen atoms in total. The zero-order valence-electron chi connectivity index (χ0n) is 9.68. The third-order valence-electron chi connectivity index (χ3n) is 2.56. The number of rotatable bonds is 3. The number of ether oxygens (including phenoxy) is 1. The predicted molar refractivity (Wildman–Crippen MR) is 69.5 cm³/mol. The summed E-state index contributed by atoms with van der Waals surface area (Å²) in [6.45, 7) is 0. The molecular formula is C14H11ClO3. The first-order valence-corrected chi connectivity index (χ1v) is 5.67. The molecule has 2 aromatic rings. The van der Waals surface area contributed by atoms with Gasteiger partial charge in [0.25, 0.3) is 0 Å². The summed E-state index contributed by atoms with van der Waals surface area (Å²) in [7, 11) is 1.51. The summed E-state index contributed by atoms with van der Waals surface area (Å²) in [5.74, 6) is 0.259. The monoisotopic (exact) mass is 262 g/mol. The highest BCUT2D eigenvalue weighted by Crippen LogP contribution is 2.27. The Morgan fingerprint density at radius 1 is 1.22 bits per heavy atom. The van der Waals surface area contributed by atoms with Crippen molar-refractivity contribution in [1.82, 2.24) is 0 Å². The lowest BCUT2D eigenvalue weighted by atomic mass is 10.0. The maximum Gasteiger partial charge on any atom is 0.196 e. The maximum atomic E-state index is 12.3. The Kier molecular flexibility index (Phi) is 3.53. The Labute approximate surface area is 110 Å². The van der Waals surface area contributed by atoms with Crippen LogP contribution in [0.5, 0.6) is 11.5 Å². The van der Waals surface area contributed by atoms with E-state index in [0.29, 0.717) is 16.9 Å². The van der Waals surface area contributed by atoms with Gasteiger partial charge < -0.3 is 9.84 Å². The second kappa shape index (κ2) is 5.10. The number of aromatic hydroxyl groups is 1. The van der Waals surface area contributed by atoms with Gasteiger partial charge in [-0.25, -0.2) is 0 Å². The third kappa shape index (κ3) is 2.31. The molecule has 0 saturated carbocycles. The minimum atomic E-state index is -0.200. The van der Waals surface area contributed by atoms with Crippen molar-refractivity contribution in [3.05, 3.63) is 58.6 Å². The van der Waals surface area contributed by atoms with Crippen molar-refractivity contribution in [3.8, 4) is 11.5 Å². The van der Waals surface area contributed by atoms with Crippen LogP contribution in [-0.4, -0.2) is 18.0 Å². The van der Waals surface area contributed by atoms with Crippen LogP contribution >= 0.6 is 11.6 Å². The molecular weight excluding hydrogens is 252 g/mol. The number of phenols is 1. The molecule has 0 saturated heterocycles. The number of ketones is 1. The summed E-state index contributed by atoms with van der Waals surface area (Å²) in [5.41, 5.74) is 0.865. The van der Waals surface area contributed by atoms with Gasteiger partial charge in [-0.2, -0.15) is 0 Å². The van der Waals surface area contributed by atoms with Crippen molar-refractivity contribution < 1.29 is 14.6 Å². The van der Waals surface area contributed by atoms with Crippen molar-refractivity contribution in [3.63, 3.8) is 0 Å². The van der Waals surface area contributed by atoms with E-state index in [1.165, 1.54) is 25.3 Å². The highest BCUT2D eigenvalue weighted by atomic mass is 35.5. The van der Waals surface area contributed by atoms with Crippen LogP contribution in [0.1, 0.15) is 15.9 Å². The molecule has 0 aliphatic carbocycles. The second-order valence-electron chi connectivity index (χ2n) is 3.70. The van der Waals surface area contributed by atoms with Crippen LogP contribution in [0.15, 0.2) is 42.5 Å². The summed E-state index contributed by atoms with van der Waals surface area (Å²) >= 11 is 5.79. The van der Waals surface area contributed by atoms with Gasteiger partial charge in [0.05, 0.1) is 17.7 Å². The average molecular weight is 263 g/mol. The number of hydrogen-bond donors (Lipinski definition) is 1. The number of para-hydroxylation sites is 1. The average Bonchev–Trinajstić information content (AvgIpc) is 2.41. The van der Waals surface area contributed by atoms with Gasteiger partial charge in [0.2, 0.25) is 0 Å². The molecule has 0 aliphatic rings. The van der Waals surface area contributed by atoms with Crippen LogP contribution in [-0.2, 0) is 0 Å². The Hall–Kier alpha value is -2.00. The summed E-state index contributed by atoms with van der Waals surface area (Å²) in [5, 5.41) is 9.48. The molecule has 0 radical (unpaired) electrons. The number of phenolic OH excluding ortho intramolecular Hbond substituents is 1. The van der Waals surface area contributed by atoms with Crippen LogP contribution < -0.4 is 4.74 Å². The van der Waals surface area contributed by atoms with E-state index >= 15 is 0 Å². The first-order chi connectivity index (χ1) is 8.63. The van der Waals surface area contributed by atoms with Crippen molar-refractivity contribution in [1.29, 1.82) is 0 Å². The lowest BCUT2D eigenvalue weighted by Gasteiger charge is -2.07. The molecule has 0 spiro atoms. The van der Waals surface area contributed by atoms with Crippen molar-refractivity contribution in [2.45, 2.75) is 0 Å². The highest BCUT2D eigenvalue weighted by Gasteiger charge is 2.14. The van der Waals surface area contributed by atoms with Gasteiger partial charge in [-0.1, -0.05) is 23.7 Å². The molecule has 0 bridgehead atoms. The third-order valence-corrected chi connectivity index (χ3v) is 2.86. The fourth-order valence-corrected chi connectivity index (χ4v) is 1.82. The SMILES string of the molecule is COc1ccccc1C(=O)c1ccc(O)c(Cl)c1. The smallest absolute Gasteiger partial charge is 0.196 e. The van der Waals surface area contributed by atoms with Gasteiger partial charge in [-0.15, -0.1) is 0 Å². The fourth-order valence-electron chi connectivity index (χ4n) is 1.64. The van der Waals surface area contributed by atoms with E-state index in [9.17, 15) is 9.90 Å². The normalized spacial score (nSPS) is 10.1. The number of carbonyl (C=O) groups excluding carboxylic acids is 1. The predicted octanol–water partition coefficient (Wildman–Crippen LogP) is 3.29. The molecule has 0 fully saturated rings.